The largest absolute Gasteiger partial charge is 0.394 e. The molecule has 0 radical (unpaired) electrons. The highest BCUT2D eigenvalue weighted by Crippen LogP contribution is 2.20. The molecule has 1 saturated heterocycles. The molecule has 0 aromatic heterocycles. The van der Waals surface area contributed by atoms with Crippen LogP contribution in [0.15, 0.2) is 12.2 Å². The van der Waals surface area contributed by atoms with Crippen molar-refractivity contribution < 1.29 is 24.8 Å². The van der Waals surface area contributed by atoms with Gasteiger partial charge < -0.3 is 24.8 Å². The maximum Gasteiger partial charge on any atom is 0.114 e. The molecule has 1 rings (SSSR count). The second-order valence-electron chi connectivity index (χ2n) is 5.23. The lowest BCUT2D eigenvalue weighted by Crippen LogP contribution is -2.41. The Bertz CT molecular complexity index is 269. The highest BCUT2D eigenvalue weighted by molar-refractivity contribution is 4.90. The van der Waals surface area contributed by atoms with Gasteiger partial charge in [0.25, 0.3) is 0 Å². The number of ether oxygens (including phenoxy) is 2. The third-order valence-corrected chi connectivity index (χ3v) is 3.53. The summed E-state index contributed by atoms with van der Waals surface area (Å²) in [5.74, 6) is 0. The highest BCUT2D eigenvalue weighted by atomic mass is 16.6. The Morgan fingerprint density at radius 2 is 2.10 bits per heavy atom. The van der Waals surface area contributed by atoms with Crippen LogP contribution >= 0.6 is 0 Å². The van der Waals surface area contributed by atoms with Crippen LogP contribution in [0.25, 0.3) is 0 Å². The van der Waals surface area contributed by atoms with E-state index in [9.17, 15) is 10.2 Å². The summed E-state index contributed by atoms with van der Waals surface area (Å²) >= 11 is 0. The molecule has 0 bridgehead atoms. The molecule has 0 aliphatic carbocycles. The van der Waals surface area contributed by atoms with E-state index in [1.165, 1.54) is 25.7 Å². The van der Waals surface area contributed by atoms with E-state index in [0.29, 0.717) is 6.61 Å². The van der Waals surface area contributed by atoms with Crippen LogP contribution in [0.1, 0.15) is 39.0 Å². The molecule has 0 amide bonds. The predicted octanol–water partition coefficient (Wildman–Crippen LogP) is 1.01. The molecule has 4 atom stereocenters. The number of aliphatic hydroxyl groups excluding tert-OH is 3. The fourth-order valence-corrected chi connectivity index (χ4v) is 2.26. The van der Waals surface area contributed by atoms with Crippen LogP contribution in [0.3, 0.4) is 0 Å². The van der Waals surface area contributed by atoms with E-state index in [2.05, 4.69) is 13.0 Å². The van der Waals surface area contributed by atoms with Gasteiger partial charge in [0.1, 0.15) is 24.4 Å². The number of rotatable bonds is 10. The monoisotopic (exact) mass is 288 g/mol. The number of unbranched alkanes of at least 4 members (excludes halogenated alkanes) is 4. The van der Waals surface area contributed by atoms with Gasteiger partial charge >= 0.3 is 0 Å². The molecule has 0 spiro atoms. The third-order valence-electron chi connectivity index (χ3n) is 3.53. The lowest BCUT2D eigenvalue weighted by molar-refractivity contribution is -0.0716. The Morgan fingerprint density at radius 1 is 1.30 bits per heavy atom. The van der Waals surface area contributed by atoms with Crippen LogP contribution in [0.4, 0.5) is 0 Å². The van der Waals surface area contributed by atoms with Gasteiger partial charge in [-0.15, -0.1) is 0 Å². The summed E-state index contributed by atoms with van der Waals surface area (Å²) in [5.41, 5.74) is 0. The standard InChI is InChI=1S/C15H28O5/c1-2-3-4-5-6-7-8-9-19-13-11-20-15(14(13)18)12(17)10-16/h7-8,12-18H,2-6,9-11H2,1H3/b8-7+/t12-,13+,14+,15+/m0/s1. The predicted molar refractivity (Wildman–Crippen MR) is 76.5 cm³/mol. The minimum Gasteiger partial charge on any atom is -0.394 e. The lowest BCUT2D eigenvalue weighted by Gasteiger charge is -2.20. The van der Waals surface area contributed by atoms with E-state index in [1.807, 2.05) is 6.08 Å². The first kappa shape index (κ1) is 17.6. The zero-order valence-corrected chi connectivity index (χ0v) is 12.3. The molecule has 3 N–H and O–H groups in total. The van der Waals surface area contributed by atoms with Crippen molar-refractivity contribution in [1.29, 1.82) is 0 Å². The molecule has 0 saturated carbocycles. The van der Waals surface area contributed by atoms with Crippen molar-refractivity contribution in [2.24, 2.45) is 0 Å². The first-order chi connectivity index (χ1) is 9.70. The molecular weight excluding hydrogens is 260 g/mol. The fourth-order valence-electron chi connectivity index (χ4n) is 2.26. The highest BCUT2D eigenvalue weighted by Gasteiger charge is 2.40. The second kappa shape index (κ2) is 10.3. The van der Waals surface area contributed by atoms with Gasteiger partial charge in [0.05, 0.1) is 19.8 Å². The molecule has 5 nitrogen and oxygen atoms in total. The number of aliphatic hydroxyl groups is 3. The zero-order chi connectivity index (χ0) is 14.8. The zero-order valence-electron chi connectivity index (χ0n) is 12.3. The van der Waals surface area contributed by atoms with Crippen LogP contribution in [0, 0.1) is 0 Å². The van der Waals surface area contributed by atoms with E-state index in [0.717, 1.165) is 6.42 Å². The first-order valence-electron chi connectivity index (χ1n) is 7.55. The summed E-state index contributed by atoms with van der Waals surface area (Å²) in [7, 11) is 0. The number of hydrogen-bond acceptors (Lipinski definition) is 5. The number of allylic oxidation sites excluding steroid dienone is 1. The van der Waals surface area contributed by atoms with Gasteiger partial charge in [-0.25, -0.2) is 0 Å². The van der Waals surface area contributed by atoms with Crippen LogP contribution in [0.5, 0.6) is 0 Å². The van der Waals surface area contributed by atoms with E-state index < -0.39 is 31.0 Å². The smallest absolute Gasteiger partial charge is 0.114 e. The molecule has 0 aromatic rings. The van der Waals surface area contributed by atoms with Gasteiger partial charge in [0.15, 0.2) is 0 Å². The van der Waals surface area contributed by atoms with Crippen molar-refractivity contribution in [3.8, 4) is 0 Å². The Kier molecular flexibility index (Phi) is 9.05. The molecule has 1 heterocycles. The van der Waals surface area contributed by atoms with E-state index in [-0.39, 0.29) is 6.61 Å². The summed E-state index contributed by atoms with van der Waals surface area (Å²) < 4.78 is 10.8. The summed E-state index contributed by atoms with van der Waals surface area (Å²) in [6.45, 7) is 2.44. The Morgan fingerprint density at radius 3 is 2.80 bits per heavy atom. The normalized spacial score (nSPS) is 28.3. The summed E-state index contributed by atoms with van der Waals surface area (Å²) in [6, 6.07) is 0. The Balaban J connectivity index is 2.12. The number of hydrogen-bond donors (Lipinski definition) is 3. The summed E-state index contributed by atoms with van der Waals surface area (Å²) in [6.07, 6.45) is 6.93. The van der Waals surface area contributed by atoms with Crippen LogP contribution < -0.4 is 0 Å². The molecule has 5 heteroatoms. The molecule has 20 heavy (non-hydrogen) atoms. The first-order valence-corrected chi connectivity index (χ1v) is 7.55. The van der Waals surface area contributed by atoms with Crippen molar-refractivity contribution in [3.63, 3.8) is 0 Å². The average molecular weight is 288 g/mol. The minimum atomic E-state index is -1.06. The van der Waals surface area contributed by atoms with Gasteiger partial charge in [-0.05, 0) is 12.8 Å². The van der Waals surface area contributed by atoms with Crippen molar-refractivity contribution >= 4 is 0 Å². The summed E-state index contributed by atoms with van der Waals surface area (Å²) in [5, 5.41) is 28.2. The van der Waals surface area contributed by atoms with Gasteiger partial charge in [0, 0.05) is 0 Å². The van der Waals surface area contributed by atoms with Gasteiger partial charge in [0.2, 0.25) is 0 Å². The Labute approximate surface area is 121 Å². The van der Waals surface area contributed by atoms with E-state index in [1.54, 1.807) is 0 Å². The SMILES string of the molecule is CCCCCC/C=C/CO[C@@H]1CO[C@H]([C@@H](O)CO)[C@@H]1O. The maximum atomic E-state index is 9.90. The van der Waals surface area contributed by atoms with Crippen LogP contribution in [0.2, 0.25) is 0 Å². The molecule has 0 unspecified atom stereocenters. The van der Waals surface area contributed by atoms with Gasteiger partial charge in [-0.1, -0.05) is 38.3 Å². The quantitative estimate of drug-likeness (QED) is 0.413. The maximum absolute atomic E-state index is 9.90. The van der Waals surface area contributed by atoms with Crippen LogP contribution in [-0.4, -0.2) is 59.6 Å². The van der Waals surface area contributed by atoms with Crippen LogP contribution in [-0.2, 0) is 9.47 Å². The summed E-state index contributed by atoms with van der Waals surface area (Å²) in [4.78, 5) is 0. The van der Waals surface area contributed by atoms with Crippen molar-refractivity contribution in [2.75, 3.05) is 19.8 Å². The molecule has 118 valence electrons. The van der Waals surface area contributed by atoms with E-state index in [4.69, 9.17) is 14.6 Å². The topological polar surface area (TPSA) is 79.2 Å². The fraction of sp³-hybridized carbons (Fsp3) is 0.867. The molecule has 1 fully saturated rings. The van der Waals surface area contributed by atoms with Gasteiger partial charge in [-0.3, -0.25) is 0 Å². The molecular formula is C15H28O5. The van der Waals surface area contributed by atoms with Crippen molar-refractivity contribution in [3.05, 3.63) is 12.2 Å². The molecule has 1 aliphatic rings. The van der Waals surface area contributed by atoms with E-state index >= 15 is 0 Å². The van der Waals surface area contributed by atoms with Gasteiger partial charge in [-0.2, -0.15) is 0 Å². The average Bonchev–Trinajstić information content (AvgIpc) is 2.82. The third kappa shape index (κ3) is 5.89. The van der Waals surface area contributed by atoms with Crippen molar-refractivity contribution in [2.45, 2.75) is 63.4 Å². The lowest BCUT2D eigenvalue weighted by atomic mass is 10.1. The minimum absolute atomic E-state index is 0.243. The molecule has 0 aromatic carbocycles. The van der Waals surface area contributed by atoms with Crippen molar-refractivity contribution in [1.82, 2.24) is 0 Å². The molecule has 1 aliphatic heterocycles. The Hall–Kier alpha value is -0.460. The second-order valence-corrected chi connectivity index (χ2v) is 5.23.